The summed E-state index contributed by atoms with van der Waals surface area (Å²) >= 11 is 0. The molecule has 1 saturated carbocycles. The second kappa shape index (κ2) is 10.6. The van der Waals surface area contributed by atoms with Gasteiger partial charge in [0.25, 0.3) is 0 Å². The first kappa shape index (κ1) is 22.2. The molecule has 2 aromatic rings. The molecule has 0 radical (unpaired) electrons. The highest BCUT2D eigenvalue weighted by Gasteiger charge is 2.31. The number of halogens is 1. The normalized spacial score (nSPS) is 23.6. The minimum Gasteiger partial charge on any atom is -0.491 e. The van der Waals surface area contributed by atoms with E-state index in [1.807, 2.05) is 18.2 Å². The van der Waals surface area contributed by atoms with Crippen LogP contribution < -0.4 is 4.74 Å². The van der Waals surface area contributed by atoms with Crippen LogP contribution in [0.25, 0.3) is 0 Å². The molecule has 3 unspecified atom stereocenters. The first-order chi connectivity index (χ1) is 15.1. The molecule has 2 fully saturated rings. The Bertz CT molecular complexity index is 824. The Labute approximate surface area is 183 Å². The van der Waals surface area contributed by atoms with Crippen LogP contribution in [0.2, 0.25) is 0 Å². The van der Waals surface area contributed by atoms with Crippen LogP contribution in [-0.2, 0) is 20.8 Å². The van der Waals surface area contributed by atoms with Crippen LogP contribution >= 0.6 is 0 Å². The van der Waals surface area contributed by atoms with Crippen LogP contribution in [0.15, 0.2) is 42.5 Å². The lowest BCUT2D eigenvalue weighted by molar-refractivity contribution is -0.226. The summed E-state index contributed by atoms with van der Waals surface area (Å²) in [6, 6.07) is 14.3. The summed E-state index contributed by atoms with van der Waals surface area (Å²) in [4.78, 5) is 4.07. The Hall–Kier alpha value is -1.99. The zero-order chi connectivity index (χ0) is 21.6. The SMILES string of the molecule is Cc1ccc(C2CC(OF)CC(CO)O2)cc1Cc1ccc(OCCOC2CC2)cc1. The molecule has 2 aromatic carbocycles. The number of rotatable bonds is 10. The van der Waals surface area contributed by atoms with E-state index in [1.165, 1.54) is 29.5 Å². The van der Waals surface area contributed by atoms with Crippen LogP contribution in [0.1, 0.15) is 54.0 Å². The van der Waals surface area contributed by atoms with E-state index in [0.29, 0.717) is 32.2 Å². The van der Waals surface area contributed by atoms with E-state index in [9.17, 15) is 9.63 Å². The maximum absolute atomic E-state index is 12.8. The fourth-order valence-corrected chi connectivity index (χ4v) is 3.99. The van der Waals surface area contributed by atoms with Crippen LogP contribution in [0.4, 0.5) is 4.53 Å². The highest BCUT2D eigenvalue weighted by atomic mass is 19.3. The highest BCUT2D eigenvalue weighted by molar-refractivity contribution is 5.38. The van der Waals surface area contributed by atoms with Crippen molar-refractivity contribution in [2.45, 2.75) is 63.4 Å². The van der Waals surface area contributed by atoms with Crippen molar-refractivity contribution >= 4 is 0 Å². The van der Waals surface area contributed by atoms with Crippen LogP contribution in [0, 0.1) is 6.92 Å². The molecule has 0 bridgehead atoms. The van der Waals surface area contributed by atoms with Crippen LogP contribution in [0.3, 0.4) is 0 Å². The number of aliphatic hydroxyl groups excluding tert-OH is 1. The molecular weight excluding hydrogens is 399 g/mol. The Morgan fingerprint density at radius 1 is 1.03 bits per heavy atom. The number of aryl methyl sites for hydroxylation is 1. The van der Waals surface area contributed by atoms with Gasteiger partial charge < -0.3 is 19.3 Å². The second-order valence-corrected chi connectivity index (χ2v) is 8.54. The molecule has 1 heterocycles. The largest absolute Gasteiger partial charge is 0.491 e. The quantitative estimate of drug-likeness (QED) is 0.557. The van der Waals surface area contributed by atoms with Gasteiger partial charge in [0.1, 0.15) is 18.5 Å². The summed E-state index contributed by atoms with van der Waals surface area (Å²) in [6.45, 7) is 3.14. The molecule has 1 N–H and O–H groups in total. The average Bonchev–Trinajstić information content (AvgIpc) is 3.63. The molecule has 2 aliphatic rings. The molecule has 4 rings (SSSR count). The van der Waals surface area contributed by atoms with Crippen molar-refractivity contribution < 1.29 is 28.8 Å². The molecule has 3 atom stereocenters. The third-order valence-corrected chi connectivity index (χ3v) is 5.98. The van der Waals surface area contributed by atoms with E-state index in [2.05, 4.69) is 36.1 Å². The van der Waals surface area contributed by atoms with Gasteiger partial charge in [0.2, 0.25) is 0 Å². The monoisotopic (exact) mass is 430 g/mol. The van der Waals surface area contributed by atoms with E-state index in [4.69, 9.17) is 14.2 Å². The number of aliphatic hydroxyl groups is 1. The molecule has 0 amide bonds. The second-order valence-electron chi connectivity index (χ2n) is 8.54. The van der Waals surface area contributed by atoms with Gasteiger partial charge in [-0.3, -0.25) is 0 Å². The number of hydrogen-bond donors (Lipinski definition) is 1. The molecule has 6 heteroatoms. The third-order valence-electron chi connectivity index (χ3n) is 5.98. The molecule has 1 aliphatic carbocycles. The summed E-state index contributed by atoms with van der Waals surface area (Å²) in [5.74, 6) is 0.844. The first-order valence-electron chi connectivity index (χ1n) is 11.1. The molecule has 168 valence electrons. The van der Waals surface area contributed by atoms with Gasteiger partial charge >= 0.3 is 0 Å². The lowest BCUT2D eigenvalue weighted by Crippen LogP contribution is -2.34. The lowest BCUT2D eigenvalue weighted by Gasteiger charge is -2.33. The van der Waals surface area contributed by atoms with E-state index < -0.39 is 12.2 Å². The predicted octanol–water partition coefficient (Wildman–Crippen LogP) is 4.63. The number of ether oxygens (including phenoxy) is 3. The Balaban J connectivity index is 1.37. The summed E-state index contributed by atoms with van der Waals surface area (Å²) in [5.41, 5.74) is 4.55. The molecular formula is C25H31FO5. The first-order valence-corrected chi connectivity index (χ1v) is 11.1. The van der Waals surface area contributed by atoms with E-state index in [0.717, 1.165) is 17.7 Å². The smallest absolute Gasteiger partial charge is 0.119 e. The van der Waals surface area contributed by atoms with Crippen molar-refractivity contribution in [3.05, 3.63) is 64.7 Å². The molecule has 1 aliphatic heterocycles. The van der Waals surface area contributed by atoms with Gasteiger partial charge in [0, 0.05) is 12.8 Å². The summed E-state index contributed by atoms with van der Waals surface area (Å²) in [5, 5.41) is 9.46. The number of benzene rings is 2. The molecule has 0 spiro atoms. The van der Waals surface area contributed by atoms with Crippen LogP contribution in [0.5, 0.6) is 5.75 Å². The molecule has 0 aromatic heterocycles. The number of hydrogen-bond acceptors (Lipinski definition) is 5. The lowest BCUT2D eigenvalue weighted by atomic mass is 9.92. The van der Waals surface area contributed by atoms with Crippen molar-refractivity contribution in [2.75, 3.05) is 19.8 Å². The molecule has 1 saturated heterocycles. The molecule has 5 nitrogen and oxygen atoms in total. The maximum Gasteiger partial charge on any atom is 0.119 e. The predicted molar refractivity (Wildman–Crippen MR) is 115 cm³/mol. The fraction of sp³-hybridized carbons (Fsp3) is 0.520. The average molecular weight is 431 g/mol. The van der Waals surface area contributed by atoms with Crippen molar-refractivity contribution in [1.82, 2.24) is 0 Å². The van der Waals surface area contributed by atoms with E-state index in [-0.39, 0.29) is 12.7 Å². The molecule has 31 heavy (non-hydrogen) atoms. The fourth-order valence-electron chi connectivity index (χ4n) is 3.99. The Morgan fingerprint density at radius 3 is 2.55 bits per heavy atom. The van der Waals surface area contributed by atoms with Crippen molar-refractivity contribution in [3.63, 3.8) is 0 Å². The summed E-state index contributed by atoms with van der Waals surface area (Å²) < 4.78 is 30.1. The van der Waals surface area contributed by atoms with Crippen molar-refractivity contribution in [1.29, 1.82) is 0 Å². The van der Waals surface area contributed by atoms with Gasteiger partial charge in [-0.05, 0) is 65.1 Å². The van der Waals surface area contributed by atoms with Crippen LogP contribution in [-0.4, -0.2) is 43.2 Å². The van der Waals surface area contributed by atoms with Gasteiger partial charge in [0.05, 0.1) is 31.5 Å². The standard InChI is InChI=1S/C25H31FO5/c1-17-2-5-19(25-15-23(31-26)14-24(16-27)30-25)13-20(17)12-18-3-6-21(7-4-18)28-10-11-29-22-8-9-22/h2-7,13,22-25,27H,8-12,14-16H2,1H3. The summed E-state index contributed by atoms with van der Waals surface area (Å²) in [6.07, 6.45) is 3.13. The Kier molecular flexibility index (Phi) is 7.56. The third kappa shape index (κ3) is 6.26. The topological polar surface area (TPSA) is 57.2 Å². The minimum atomic E-state index is -0.553. The van der Waals surface area contributed by atoms with Gasteiger partial charge in [-0.15, -0.1) is 0 Å². The van der Waals surface area contributed by atoms with Gasteiger partial charge in [-0.2, -0.15) is 4.94 Å². The summed E-state index contributed by atoms with van der Waals surface area (Å²) in [7, 11) is 0. The van der Waals surface area contributed by atoms with Crippen molar-refractivity contribution in [3.8, 4) is 5.75 Å². The highest BCUT2D eigenvalue weighted by Crippen LogP contribution is 2.34. The Morgan fingerprint density at radius 2 is 1.84 bits per heavy atom. The zero-order valence-electron chi connectivity index (χ0n) is 18.0. The van der Waals surface area contributed by atoms with Gasteiger partial charge in [-0.25, -0.2) is 0 Å². The minimum absolute atomic E-state index is 0.143. The van der Waals surface area contributed by atoms with Gasteiger partial charge in [-0.1, -0.05) is 30.3 Å². The zero-order valence-corrected chi connectivity index (χ0v) is 18.0. The van der Waals surface area contributed by atoms with E-state index >= 15 is 0 Å². The van der Waals surface area contributed by atoms with Gasteiger partial charge in [0.15, 0.2) is 0 Å². The van der Waals surface area contributed by atoms with E-state index in [1.54, 1.807) is 0 Å². The maximum atomic E-state index is 12.8. The van der Waals surface area contributed by atoms with Crippen molar-refractivity contribution in [2.24, 2.45) is 0 Å².